The summed E-state index contributed by atoms with van der Waals surface area (Å²) in [6.07, 6.45) is 3.73. The normalized spacial score (nSPS) is 25.3. The SMILES string of the molecule is Cc1nc(CN2C(C)CCCC2C)sc1C(=O)O. The highest BCUT2D eigenvalue weighted by molar-refractivity contribution is 7.13. The van der Waals surface area contributed by atoms with E-state index in [1.54, 1.807) is 6.92 Å². The summed E-state index contributed by atoms with van der Waals surface area (Å²) in [4.78, 5) is 18.2. The van der Waals surface area contributed by atoms with Gasteiger partial charge in [-0.1, -0.05) is 6.42 Å². The Bertz CT molecular complexity index is 434. The summed E-state index contributed by atoms with van der Waals surface area (Å²) in [7, 11) is 0. The lowest BCUT2D eigenvalue weighted by Crippen LogP contribution is -2.42. The first-order valence-corrected chi connectivity index (χ1v) is 7.26. The highest BCUT2D eigenvalue weighted by Gasteiger charge is 2.26. The minimum atomic E-state index is -0.865. The molecule has 1 fully saturated rings. The van der Waals surface area contributed by atoms with Gasteiger partial charge in [0.15, 0.2) is 0 Å². The first kappa shape index (κ1) is 13.5. The van der Waals surface area contributed by atoms with E-state index >= 15 is 0 Å². The molecule has 1 aromatic rings. The molecule has 5 heteroatoms. The second kappa shape index (κ2) is 5.36. The Hall–Kier alpha value is -0.940. The molecule has 1 aliphatic rings. The van der Waals surface area contributed by atoms with Crippen LogP contribution in [0.2, 0.25) is 0 Å². The molecule has 2 atom stereocenters. The van der Waals surface area contributed by atoms with Crippen molar-refractivity contribution in [1.29, 1.82) is 0 Å². The molecular formula is C13H20N2O2S. The molecule has 2 unspecified atom stereocenters. The molecule has 0 saturated carbocycles. The third kappa shape index (κ3) is 2.72. The molecule has 1 saturated heterocycles. The molecule has 1 aliphatic heterocycles. The van der Waals surface area contributed by atoms with Gasteiger partial charge in [0.2, 0.25) is 0 Å². The number of carbonyl (C=O) groups is 1. The van der Waals surface area contributed by atoms with Gasteiger partial charge in [0.25, 0.3) is 0 Å². The Morgan fingerprint density at radius 2 is 2.06 bits per heavy atom. The van der Waals surface area contributed by atoms with Crippen molar-refractivity contribution < 1.29 is 9.90 Å². The van der Waals surface area contributed by atoms with Crippen LogP contribution < -0.4 is 0 Å². The average molecular weight is 268 g/mol. The molecule has 0 amide bonds. The average Bonchev–Trinajstić information content (AvgIpc) is 2.65. The van der Waals surface area contributed by atoms with E-state index in [1.807, 2.05) is 0 Å². The predicted molar refractivity (Wildman–Crippen MR) is 72.1 cm³/mol. The van der Waals surface area contributed by atoms with Gasteiger partial charge < -0.3 is 5.11 Å². The first-order valence-electron chi connectivity index (χ1n) is 6.44. The number of piperidine rings is 1. The van der Waals surface area contributed by atoms with Crippen molar-refractivity contribution in [2.75, 3.05) is 0 Å². The van der Waals surface area contributed by atoms with Gasteiger partial charge >= 0.3 is 5.97 Å². The molecule has 100 valence electrons. The Balaban J connectivity index is 2.13. The van der Waals surface area contributed by atoms with Crippen LogP contribution in [-0.4, -0.2) is 33.0 Å². The molecule has 0 bridgehead atoms. The number of aromatic nitrogens is 1. The number of hydrogen-bond acceptors (Lipinski definition) is 4. The summed E-state index contributed by atoms with van der Waals surface area (Å²) < 4.78 is 0. The van der Waals surface area contributed by atoms with Gasteiger partial charge in [0.1, 0.15) is 9.88 Å². The summed E-state index contributed by atoms with van der Waals surface area (Å²) in [6.45, 7) is 7.04. The van der Waals surface area contributed by atoms with Crippen LogP contribution in [0.4, 0.5) is 0 Å². The number of likely N-dealkylation sites (tertiary alicyclic amines) is 1. The third-order valence-corrected chi connectivity index (χ3v) is 4.86. The van der Waals surface area contributed by atoms with E-state index in [0.29, 0.717) is 22.7 Å². The number of carboxylic acids is 1. The van der Waals surface area contributed by atoms with Crippen LogP contribution in [0.25, 0.3) is 0 Å². The molecule has 0 aromatic carbocycles. The summed E-state index contributed by atoms with van der Waals surface area (Å²) in [5.74, 6) is -0.865. The van der Waals surface area contributed by atoms with Crippen molar-refractivity contribution in [3.63, 3.8) is 0 Å². The smallest absolute Gasteiger partial charge is 0.347 e. The van der Waals surface area contributed by atoms with Crippen LogP contribution >= 0.6 is 11.3 Å². The second-order valence-corrected chi connectivity index (χ2v) is 6.21. The minimum Gasteiger partial charge on any atom is -0.477 e. The Morgan fingerprint density at radius 3 is 2.56 bits per heavy atom. The van der Waals surface area contributed by atoms with Crippen LogP contribution in [0, 0.1) is 6.92 Å². The lowest BCUT2D eigenvalue weighted by atomic mass is 9.98. The number of rotatable bonds is 3. The quantitative estimate of drug-likeness (QED) is 0.915. The van der Waals surface area contributed by atoms with Crippen molar-refractivity contribution in [3.8, 4) is 0 Å². The van der Waals surface area contributed by atoms with Gasteiger partial charge in [0.05, 0.1) is 12.2 Å². The molecular weight excluding hydrogens is 248 g/mol. The number of hydrogen-bond donors (Lipinski definition) is 1. The largest absolute Gasteiger partial charge is 0.477 e. The first-order chi connectivity index (χ1) is 8.49. The van der Waals surface area contributed by atoms with Gasteiger partial charge in [0, 0.05) is 12.1 Å². The topological polar surface area (TPSA) is 53.4 Å². The lowest BCUT2D eigenvalue weighted by Gasteiger charge is -2.38. The van der Waals surface area contributed by atoms with Crippen LogP contribution in [0.1, 0.15) is 53.5 Å². The molecule has 0 spiro atoms. The molecule has 1 N–H and O–H groups in total. The second-order valence-electron chi connectivity index (χ2n) is 5.13. The maximum atomic E-state index is 11.0. The van der Waals surface area contributed by atoms with Crippen molar-refractivity contribution >= 4 is 17.3 Å². The van der Waals surface area contributed by atoms with Crippen molar-refractivity contribution in [1.82, 2.24) is 9.88 Å². The number of carboxylic acid groups (broad SMARTS) is 1. The monoisotopic (exact) mass is 268 g/mol. The van der Waals surface area contributed by atoms with E-state index in [0.717, 1.165) is 11.6 Å². The maximum Gasteiger partial charge on any atom is 0.347 e. The molecule has 0 radical (unpaired) electrons. The van der Waals surface area contributed by atoms with Crippen LogP contribution in [0.3, 0.4) is 0 Å². The number of nitrogens with zero attached hydrogens (tertiary/aromatic N) is 2. The van der Waals surface area contributed by atoms with E-state index in [4.69, 9.17) is 5.11 Å². The van der Waals surface area contributed by atoms with Crippen molar-refractivity contribution in [3.05, 3.63) is 15.6 Å². The van der Waals surface area contributed by atoms with Gasteiger partial charge in [-0.2, -0.15) is 0 Å². The van der Waals surface area contributed by atoms with E-state index in [1.165, 1.54) is 30.6 Å². The molecule has 2 rings (SSSR count). The fraction of sp³-hybridized carbons (Fsp3) is 0.692. The highest BCUT2D eigenvalue weighted by atomic mass is 32.1. The fourth-order valence-electron chi connectivity index (χ4n) is 2.66. The fourth-order valence-corrected chi connectivity index (χ4v) is 3.57. The standard InChI is InChI=1S/C13H20N2O2S/c1-8-5-4-6-9(2)15(8)7-11-14-10(3)12(18-11)13(16)17/h8-9H,4-7H2,1-3H3,(H,16,17). The molecule has 1 aromatic heterocycles. The summed E-state index contributed by atoms with van der Waals surface area (Å²) in [5, 5.41) is 9.97. The Morgan fingerprint density at radius 1 is 1.44 bits per heavy atom. The lowest BCUT2D eigenvalue weighted by molar-refractivity contribution is 0.0701. The van der Waals surface area contributed by atoms with Crippen LogP contribution in [0.15, 0.2) is 0 Å². The van der Waals surface area contributed by atoms with Crippen molar-refractivity contribution in [2.45, 2.75) is 58.7 Å². The minimum absolute atomic E-state index is 0.377. The third-order valence-electron chi connectivity index (χ3n) is 3.73. The summed E-state index contributed by atoms with van der Waals surface area (Å²) in [5.41, 5.74) is 0.639. The Labute approximate surface area is 112 Å². The number of aromatic carboxylic acids is 1. The molecule has 0 aliphatic carbocycles. The highest BCUT2D eigenvalue weighted by Crippen LogP contribution is 2.27. The van der Waals surface area contributed by atoms with E-state index < -0.39 is 5.97 Å². The van der Waals surface area contributed by atoms with Gasteiger partial charge in [-0.05, 0) is 33.6 Å². The summed E-state index contributed by atoms with van der Waals surface area (Å²) >= 11 is 1.31. The zero-order chi connectivity index (χ0) is 13.3. The van der Waals surface area contributed by atoms with Crippen LogP contribution in [-0.2, 0) is 6.54 Å². The van der Waals surface area contributed by atoms with E-state index in [2.05, 4.69) is 23.7 Å². The molecule has 4 nitrogen and oxygen atoms in total. The predicted octanol–water partition coefficient (Wildman–Crippen LogP) is 2.91. The summed E-state index contributed by atoms with van der Waals surface area (Å²) in [6, 6.07) is 1.12. The molecule has 18 heavy (non-hydrogen) atoms. The maximum absolute atomic E-state index is 11.0. The zero-order valence-corrected chi connectivity index (χ0v) is 12.0. The Kier molecular flexibility index (Phi) is 4.02. The number of thiazole rings is 1. The van der Waals surface area contributed by atoms with Crippen molar-refractivity contribution in [2.24, 2.45) is 0 Å². The van der Waals surface area contributed by atoms with Gasteiger partial charge in [-0.3, -0.25) is 4.90 Å². The van der Waals surface area contributed by atoms with E-state index in [-0.39, 0.29) is 0 Å². The zero-order valence-electron chi connectivity index (χ0n) is 11.1. The van der Waals surface area contributed by atoms with Crippen LogP contribution in [0.5, 0.6) is 0 Å². The van der Waals surface area contributed by atoms with Gasteiger partial charge in [-0.15, -0.1) is 11.3 Å². The van der Waals surface area contributed by atoms with Gasteiger partial charge in [-0.25, -0.2) is 9.78 Å². The van der Waals surface area contributed by atoms with E-state index in [9.17, 15) is 4.79 Å². The number of aryl methyl sites for hydroxylation is 1. The molecule has 2 heterocycles.